The van der Waals surface area contributed by atoms with Crippen molar-refractivity contribution in [3.8, 4) is 5.75 Å². The van der Waals surface area contributed by atoms with Crippen LogP contribution in [-0.4, -0.2) is 31.8 Å². The van der Waals surface area contributed by atoms with Crippen molar-refractivity contribution in [1.82, 2.24) is 0 Å². The summed E-state index contributed by atoms with van der Waals surface area (Å²) in [5.74, 6) is 3.28. The number of rotatable bonds is 11. The Morgan fingerprint density at radius 2 is 1.84 bits per heavy atom. The highest BCUT2D eigenvalue weighted by molar-refractivity contribution is 5.86. The van der Waals surface area contributed by atoms with Crippen molar-refractivity contribution >= 4 is 11.9 Å². The fourth-order valence-electron chi connectivity index (χ4n) is 5.36. The van der Waals surface area contributed by atoms with Gasteiger partial charge in [-0.05, 0) is 86.3 Å². The van der Waals surface area contributed by atoms with E-state index in [-0.39, 0.29) is 24.5 Å². The minimum absolute atomic E-state index is 0.0665. The van der Waals surface area contributed by atoms with Crippen LogP contribution in [-0.2, 0) is 19.1 Å². The third-order valence-corrected chi connectivity index (χ3v) is 7.18. The van der Waals surface area contributed by atoms with Crippen LogP contribution >= 0.6 is 0 Å². The average molecular weight is 443 g/mol. The molecule has 0 N–H and O–H groups in total. The van der Waals surface area contributed by atoms with E-state index < -0.39 is 0 Å². The highest BCUT2D eigenvalue weighted by Crippen LogP contribution is 2.49. The number of hydrogen-bond donors (Lipinski definition) is 0. The van der Waals surface area contributed by atoms with Crippen LogP contribution in [0.5, 0.6) is 5.75 Å². The Balaban J connectivity index is 1.34. The molecular weight excluding hydrogens is 404 g/mol. The number of carbonyl (C=O) groups excluding carboxylic acids is 2. The molecule has 32 heavy (non-hydrogen) atoms. The molecule has 176 valence electrons. The Hall–Kier alpha value is -2.30. The van der Waals surface area contributed by atoms with E-state index >= 15 is 0 Å². The van der Waals surface area contributed by atoms with Crippen molar-refractivity contribution in [1.29, 1.82) is 0 Å². The lowest BCUT2D eigenvalue weighted by Crippen LogP contribution is -2.24. The molecule has 5 atom stereocenters. The summed E-state index contributed by atoms with van der Waals surface area (Å²) < 4.78 is 16.3. The summed E-state index contributed by atoms with van der Waals surface area (Å²) in [5.41, 5.74) is 1.54. The van der Waals surface area contributed by atoms with Crippen LogP contribution in [0.1, 0.15) is 70.8 Å². The number of carbonyl (C=O) groups is 2. The second-order valence-electron chi connectivity index (χ2n) is 9.75. The lowest BCUT2D eigenvalue weighted by Gasteiger charge is -2.28. The monoisotopic (exact) mass is 442 g/mol. The van der Waals surface area contributed by atoms with Crippen molar-refractivity contribution in [2.75, 3.05) is 19.8 Å². The number of esters is 2. The molecular formula is C27H38O5. The van der Waals surface area contributed by atoms with Crippen LogP contribution in [0.15, 0.2) is 36.4 Å². The molecule has 2 bridgehead atoms. The van der Waals surface area contributed by atoms with Crippen LogP contribution in [0.25, 0.3) is 0 Å². The van der Waals surface area contributed by atoms with Gasteiger partial charge in [-0.15, -0.1) is 0 Å². The average Bonchev–Trinajstić information content (AvgIpc) is 3.09. The van der Waals surface area contributed by atoms with Gasteiger partial charge in [0, 0.05) is 5.57 Å². The predicted octanol–water partition coefficient (Wildman–Crippen LogP) is 5.68. The Labute approximate surface area is 192 Å². The van der Waals surface area contributed by atoms with E-state index in [2.05, 4.69) is 20.4 Å². The lowest BCUT2D eigenvalue weighted by molar-refractivity contribution is -0.148. The summed E-state index contributed by atoms with van der Waals surface area (Å²) in [5, 5.41) is 0. The van der Waals surface area contributed by atoms with Crippen LogP contribution in [0.4, 0.5) is 0 Å². The van der Waals surface area contributed by atoms with Gasteiger partial charge in [-0.3, -0.25) is 0 Å². The molecule has 5 unspecified atom stereocenters. The van der Waals surface area contributed by atoms with Crippen LogP contribution in [0.3, 0.4) is 0 Å². The molecule has 1 aromatic carbocycles. The van der Waals surface area contributed by atoms with E-state index in [4.69, 9.17) is 14.2 Å². The van der Waals surface area contributed by atoms with Gasteiger partial charge in [-0.25, -0.2) is 9.59 Å². The summed E-state index contributed by atoms with van der Waals surface area (Å²) in [6.07, 6.45) is 7.15. The molecule has 0 saturated heterocycles. The highest BCUT2D eigenvalue weighted by atomic mass is 16.6. The minimum atomic E-state index is -0.353. The van der Waals surface area contributed by atoms with Gasteiger partial charge in [0.05, 0.1) is 13.2 Å². The summed E-state index contributed by atoms with van der Waals surface area (Å²) >= 11 is 0. The zero-order chi connectivity index (χ0) is 23.1. The van der Waals surface area contributed by atoms with Crippen molar-refractivity contribution in [3.05, 3.63) is 42.0 Å². The Morgan fingerprint density at radius 3 is 2.53 bits per heavy atom. The first kappa shape index (κ1) is 24.3. The van der Waals surface area contributed by atoms with E-state index in [1.165, 1.54) is 32.1 Å². The van der Waals surface area contributed by atoms with Crippen molar-refractivity contribution in [2.45, 2.75) is 65.2 Å². The molecule has 5 nitrogen and oxygen atoms in total. The Bertz CT molecular complexity index is 784. The van der Waals surface area contributed by atoms with Gasteiger partial charge in [-0.2, -0.15) is 0 Å². The SMILES string of the molecule is C=C(C)C(=O)OCCC(C)c1ccc(OCC(=O)OCC2CC3CC(CC)C(C2)C3)cc1. The summed E-state index contributed by atoms with van der Waals surface area (Å²) in [6.45, 7) is 10.4. The molecule has 0 aliphatic heterocycles. The maximum atomic E-state index is 12.2. The first-order valence-corrected chi connectivity index (χ1v) is 12.1. The molecule has 0 amide bonds. The van der Waals surface area contributed by atoms with E-state index in [0.717, 1.165) is 29.7 Å². The number of ether oxygens (including phenoxy) is 3. The zero-order valence-electron chi connectivity index (χ0n) is 19.8. The molecule has 2 fully saturated rings. The van der Waals surface area contributed by atoms with Crippen molar-refractivity contribution in [3.63, 3.8) is 0 Å². The van der Waals surface area contributed by atoms with E-state index in [0.29, 0.717) is 30.5 Å². The summed E-state index contributed by atoms with van der Waals surface area (Å²) in [4.78, 5) is 23.6. The summed E-state index contributed by atoms with van der Waals surface area (Å²) in [6, 6.07) is 7.69. The van der Waals surface area contributed by atoms with Gasteiger partial charge in [0.15, 0.2) is 6.61 Å². The predicted molar refractivity (Wildman–Crippen MR) is 124 cm³/mol. The fourth-order valence-corrected chi connectivity index (χ4v) is 5.36. The molecule has 1 aromatic rings. The smallest absolute Gasteiger partial charge is 0.344 e. The van der Waals surface area contributed by atoms with Gasteiger partial charge in [-0.1, -0.05) is 39.0 Å². The second kappa shape index (κ2) is 11.5. The fraction of sp³-hybridized carbons (Fsp3) is 0.630. The van der Waals surface area contributed by atoms with Crippen molar-refractivity contribution < 1.29 is 23.8 Å². The molecule has 3 rings (SSSR count). The van der Waals surface area contributed by atoms with Crippen molar-refractivity contribution in [2.24, 2.45) is 23.7 Å². The molecule has 2 aliphatic carbocycles. The van der Waals surface area contributed by atoms with E-state index in [9.17, 15) is 9.59 Å². The maximum absolute atomic E-state index is 12.2. The number of hydrogen-bond acceptors (Lipinski definition) is 5. The molecule has 0 heterocycles. The Kier molecular flexibility index (Phi) is 8.77. The minimum Gasteiger partial charge on any atom is -0.482 e. The van der Waals surface area contributed by atoms with Gasteiger partial charge >= 0.3 is 11.9 Å². The molecule has 2 saturated carbocycles. The van der Waals surface area contributed by atoms with Crippen LogP contribution < -0.4 is 4.74 Å². The summed E-state index contributed by atoms with van der Waals surface area (Å²) in [7, 11) is 0. The van der Waals surface area contributed by atoms with E-state index in [1.807, 2.05) is 24.3 Å². The molecule has 5 heteroatoms. The highest BCUT2D eigenvalue weighted by Gasteiger charge is 2.40. The molecule has 0 radical (unpaired) electrons. The Morgan fingerprint density at radius 1 is 1.09 bits per heavy atom. The van der Waals surface area contributed by atoms with Crippen LogP contribution in [0, 0.1) is 23.7 Å². The second-order valence-corrected chi connectivity index (χ2v) is 9.75. The lowest BCUT2D eigenvalue weighted by atomic mass is 9.80. The normalized spacial score (nSPS) is 25.1. The third kappa shape index (κ3) is 6.85. The molecule has 0 spiro atoms. The molecule has 0 aromatic heterocycles. The van der Waals surface area contributed by atoms with E-state index in [1.54, 1.807) is 6.92 Å². The standard InChI is InChI=1S/C27H38O5/c1-5-22-13-20-12-21(15-24(22)14-20)16-32-26(28)17-31-25-8-6-23(7-9-25)19(4)10-11-30-27(29)18(2)3/h6-9,19-22,24H,2,5,10-17H2,1,3-4H3. The molecule has 2 aliphatic rings. The van der Waals surface area contributed by atoms with Crippen LogP contribution in [0.2, 0.25) is 0 Å². The van der Waals surface area contributed by atoms with Gasteiger partial charge in [0.2, 0.25) is 0 Å². The number of benzene rings is 1. The third-order valence-electron chi connectivity index (χ3n) is 7.18. The number of fused-ring (bicyclic) bond motifs is 2. The van der Waals surface area contributed by atoms with Gasteiger partial charge in [0.1, 0.15) is 5.75 Å². The zero-order valence-corrected chi connectivity index (χ0v) is 19.8. The first-order valence-electron chi connectivity index (χ1n) is 12.1. The largest absolute Gasteiger partial charge is 0.482 e. The quantitative estimate of drug-likeness (QED) is 0.326. The van der Waals surface area contributed by atoms with Gasteiger partial charge in [0.25, 0.3) is 0 Å². The maximum Gasteiger partial charge on any atom is 0.344 e. The topological polar surface area (TPSA) is 61.8 Å². The van der Waals surface area contributed by atoms with Gasteiger partial charge < -0.3 is 14.2 Å². The first-order chi connectivity index (χ1) is 15.4.